The second kappa shape index (κ2) is 5.04. The number of para-hydroxylation sites is 1. The predicted molar refractivity (Wildman–Crippen MR) is 76.0 cm³/mol. The molecule has 0 amide bonds. The Morgan fingerprint density at radius 3 is 2.33 bits per heavy atom. The second-order valence-corrected chi connectivity index (χ2v) is 7.63. The van der Waals surface area contributed by atoms with E-state index in [1.807, 2.05) is 0 Å². The first-order chi connectivity index (χ1) is 9.91. The number of benzene rings is 1. The maximum Gasteiger partial charge on any atom is 0.289 e. The summed E-state index contributed by atoms with van der Waals surface area (Å²) in [6, 6.07) is 5.53. The minimum absolute atomic E-state index is 0.0437. The lowest BCUT2D eigenvalue weighted by atomic mass is 9.95. The number of fused-ring (bicyclic) bond motifs is 2. The van der Waals surface area contributed by atoms with Crippen LogP contribution in [0.3, 0.4) is 0 Å². The van der Waals surface area contributed by atoms with Crippen LogP contribution in [0.4, 0.5) is 5.69 Å². The SMILES string of the molecule is NC1C2CCC1CN(S(=O)(=O)c1ccccc1[N+](=O)[O-])C2. The number of piperidine rings is 1. The molecule has 21 heavy (non-hydrogen) atoms. The van der Waals surface area contributed by atoms with Gasteiger partial charge in [0.2, 0.25) is 10.0 Å². The van der Waals surface area contributed by atoms with Crippen LogP contribution in [0.15, 0.2) is 29.2 Å². The summed E-state index contributed by atoms with van der Waals surface area (Å²) in [4.78, 5) is 10.2. The molecule has 1 saturated heterocycles. The van der Waals surface area contributed by atoms with Gasteiger partial charge in [-0.3, -0.25) is 10.1 Å². The van der Waals surface area contributed by atoms with Crippen molar-refractivity contribution in [2.75, 3.05) is 13.1 Å². The Hall–Kier alpha value is -1.51. The zero-order valence-corrected chi connectivity index (χ0v) is 12.2. The Labute approximate surface area is 122 Å². The smallest absolute Gasteiger partial charge is 0.289 e. The first-order valence-electron chi connectivity index (χ1n) is 6.90. The molecule has 0 aromatic heterocycles. The maximum absolute atomic E-state index is 12.7. The van der Waals surface area contributed by atoms with Crippen molar-refractivity contribution in [3.63, 3.8) is 0 Å². The molecule has 2 N–H and O–H groups in total. The number of rotatable bonds is 3. The van der Waals surface area contributed by atoms with Crippen LogP contribution in [0.5, 0.6) is 0 Å². The number of hydrogen-bond donors (Lipinski definition) is 1. The van der Waals surface area contributed by atoms with Crippen LogP contribution in [0.2, 0.25) is 0 Å². The third kappa shape index (κ3) is 2.33. The lowest BCUT2D eigenvalue weighted by Crippen LogP contribution is -2.50. The lowest BCUT2D eigenvalue weighted by molar-refractivity contribution is -0.387. The van der Waals surface area contributed by atoms with Crippen molar-refractivity contribution in [2.45, 2.75) is 23.8 Å². The van der Waals surface area contributed by atoms with E-state index in [1.54, 1.807) is 0 Å². The van der Waals surface area contributed by atoms with E-state index >= 15 is 0 Å². The molecule has 2 atom stereocenters. The first kappa shape index (κ1) is 14.4. The van der Waals surface area contributed by atoms with E-state index in [0.717, 1.165) is 12.8 Å². The molecule has 2 aliphatic rings. The molecular weight excluding hydrogens is 294 g/mol. The van der Waals surface area contributed by atoms with Crippen LogP contribution < -0.4 is 5.73 Å². The summed E-state index contributed by atoms with van der Waals surface area (Å²) in [6.07, 6.45) is 1.85. The molecule has 1 saturated carbocycles. The Kier molecular flexibility index (Phi) is 3.46. The predicted octanol–water partition coefficient (Wildman–Crippen LogP) is 0.953. The summed E-state index contributed by atoms with van der Waals surface area (Å²) in [5, 5.41) is 11.0. The fourth-order valence-electron chi connectivity index (χ4n) is 3.38. The van der Waals surface area contributed by atoms with Gasteiger partial charge in [-0.1, -0.05) is 12.1 Å². The van der Waals surface area contributed by atoms with Crippen LogP contribution in [0.25, 0.3) is 0 Å². The highest BCUT2D eigenvalue weighted by Crippen LogP contribution is 2.38. The van der Waals surface area contributed by atoms with E-state index in [1.165, 1.54) is 28.6 Å². The molecule has 0 radical (unpaired) electrons. The highest BCUT2D eigenvalue weighted by Gasteiger charge is 2.44. The standard InChI is InChI=1S/C13H17N3O4S/c14-13-9-5-6-10(13)8-15(7-9)21(19,20)12-4-2-1-3-11(12)16(17)18/h1-4,9-10,13H,5-8,14H2. The van der Waals surface area contributed by atoms with E-state index in [9.17, 15) is 18.5 Å². The largest absolute Gasteiger partial charge is 0.327 e. The van der Waals surface area contributed by atoms with Gasteiger partial charge in [0.05, 0.1) is 4.92 Å². The number of nitrogens with zero attached hydrogens (tertiary/aromatic N) is 2. The van der Waals surface area contributed by atoms with Crippen LogP contribution in [0, 0.1) is 22.0 Å². The van der Waals surface area contributed by atoms with Gasteiger partial charge in [0.25, 0.3) is 5.69 Å². The number of nitro benzene ring substituents is 1. The molecule has 2 bridgehead atoms. The summed E-state index contributed by atoms with van der Waals surface area (Å²) in [5.41, 5.74) is 5.70. The van der Waals surface area contributed by atoms with Gasteiger partial charge in [0.1, 0.15) is 0 Å². The van der Waals surface area contributed by atoms with Gasteiger partial charge in [0, 0.05) is 25.2 Å². The Morgan fingerprint density at radius 2 is 1.76 bits per heavy atom. The fourth-order valence-corrected chi connectivity index (χ4v) is 5.09. The van der Waals surface area contributed by atoms with Crippen LogP contribution in [-0.4, -0.2) is 36.8 Å². The third-order valence-electron chi connectivity index (χ3n) is 4.55. The molecule has 0 spiro atoms. The van der Waals surface area contributed by atoms with Crippen LogP contribution >= 0.6 is 0 Å². The number of sulfonamides is 1. The van der Waals surface area contributed by atoms with Crippen LogP contribution in [0.1, 0.15) is 12.8 Å². The average molecular weight is 311 g/mol. The molecule has 1 aromatic carbocycles. The van der Waals surface area contributed by atoms with Gasteiger partial charge >= 0.3 is 0 Å². The summed E-state index contributed by atoms with van der Waals surface area (Å²) in [5.74, 6) is 0.308. The lowest BCUT2D eigenvalue weighted by Gasteiger charge is -2.35. The average Bonchev–Trinajstić information content (AvgIpc) is 2.67. The van der Waals surface area contributed by atoms with Crippen molar-refractivity contribution in [2.24, 2.45) is 17.6 Å². The molecule has 1 aliphatic carbocycles. The molecule has 3 rings (SSSR count). The quantitative estimate of drug-likeness (QED) is 0.660. The van der Waals surface area contributed by atoms with E-state index in [4.69, 9.17) is 5.73 Å². The summed E-state index contributed by atoms with van der Waals surface area (Å²) >= 11 is 0. The number of hydrogen-bond acceptors (Lipinski definition) is 5. The van der Waals surface area contributed by atoms with Crippen molar-refractivity contribution >= 4 is 15.7 Å². The van der Waals surface area contributed by atoms with E-state index in [0.29, 0.717) is 13.1 Å². The normalized spacial score (nSPS) is 29.5. The third-order valence-corrected chi connectivity index (χ3v) is 6.43. The van der Waals surface area contributed by atoms with Crippen molar-refractivity contribution in [1.82, 2.24) is 4.31 Å². The minimum atomic E-state index is -3.85. The second-order valence-electron chi connectivity index (χ2n) is 5.72. The van der Waals surface area contributed by atoms with Gasteiger partial charge in [-0.2, -0.15) is 4.31 Å². The van der Waals surface area contributed by atoms with Gasteiger partial charge in [-0.05, 0) is 30.7 Å². The molecule has 8 heteroatoms. The molecular formula is C13H17N3O4S. The van der Waals surface area contributed by atoms with Crippen molar-refractivity contribution in [3.05, 3.63) is 34.4 Å². The molecule has 1 aliphatic heterocycles. The van der Waals surface area contributed by atoms with Crippen molar-refractivity contribution in [3.8, 4) is 0 Å². The van der Waals surface area contributed by atoms with E-state index < -0.39 is 14.9 Å². The zero-order valence-electron chi connectivity index (χ0n) is 11.4. The van der Waals surface area contributed by atoms with Gasteiger partial charge in [-0.25, -0.2) is 8.42 Å². The summed E-state index contributed by atoms with van der Waals surface area (Å²) < 4.78 is 26.8. The van der Waals surface area contributed by atoms with E-state index in [2.05, 4.69) is 0 Å². The Bertz CT molecular complexity index is 662. The monoisotopic (exact) mass is 311 g/mol. The van der Waals surface area contributed by atoms with Gasteiger partial charge in [-0.15, -0.1) is 0 Å². The van der Waals surface area contributed by atoms with Gasteiger partial charge < -0.3 is 5.73 Å². The zero-order chi connectivity index (χ0) is 15.2. The molecule has 114 valence electrons. The Balaban J connectivity index is 1.97. The first-order valence-corrected chi connectivity index (χ1v) is 8.34. The van der Waals surface area contributed by atoms with Crippen molar-refractivity contribution < 1.29 is 13.3 Å². The van der Waals surface area contributed by atoms with Crippen LogP contribution in [-0.2, 0) is 10.0 Å². The maximum atomic E-state index is 12.7. The number of nitro groups is 1. The summed E-state index contributed by atoms with van der Waals surface area (Å²) in [7, 11) is -3.85. The molecule has 2 unspecified atom stereocenters. The molecule has 1 aromatic rings. The Morgan fingerprint density at radius 1 is 1.19 bits per heavy atom. The van der Waals surface area contributed by atoms with Crippen molar-refractivity contribution in [1.29, 1.82) is 0 Å². The highest BCUT2D eigenvalue weighted by molar-refractivity contribution is 7.89. The van der Waals surface area contributed by atoms with Gasteiger partial charge in [0.15, 0.2) is 4.90 Å². The van der Waals surface area contributed by atoms with E-state index in [-0.39, 0.29) is 28.5 Å². The molecule has 7 nitrogen and oxygen atoms in total. The minimum Gasteiger partial charge on any atom is -0.327 e. The molecule has 2 fully saturated rings. The highest BCUT2D eigenvalue weighted by atomic mass is 32.2. The molecule has 1 heterocycles. The topological polar surface area (TPSA) is 107 Å². The fraction of sp³-hybridized carbons (Fsp3) is 0.538. The number of nitrogens with two attached hydrogens (primary N) is 1. The summed E-state index contributed by atoms with van der Waals surface area (Å²) in [6.45, 7) is 0.706.